The van der Waals surface area contributed by atoms with Gasteiger partial charge in [-0.25, -0.2) is 4.99 Å². The highest BCUT2D eigenvalue weighted by Gasteiger charge is 2.31. The number of amides is 1. The fourth-order valence-electron chi connectivity index (χ4n) is 5.57. The summed E-state index contributed by atoms with van der Waals surface area (Å²) >= 11 is 0. The highest BCUT2D eigenvalue weighted by Crippen LogP contribution is 2.44. The van der Waals surface area contributed by atoms with E-state index < -0.39 is 10.1 Å². The van der Waals surface area contributed by atoms with Crippen molar-refractivity contribution in [1.82, 2.24) is 10.2 Å². The van der Waals surface area contributed by atoms with Crippen molar-refractivity contribution in [3.8, 4) is 5.75 Å². The number of benzene rings is 1. The van der Waals surface area contributed by atoms with Gasteiger partial charge in [0.05, 0.1) is 11.5 Å². The molecular weight excluding hydrogens is 480 g/mol. The zero-order valence-corrected chi connectivity index (χ0v) is 21.6. The van der Waals surface area contributed by atoms with Crippen LogP contribution in [0.25, 0.3) is 0 Å². The Morgan fingerprint density at radius 3 is 2.72 bits per heavy atom. The summed E-state index contributed by atoms with van der Waals surface area (Å²) in [6.07, 6.45) is 8.70. The number of allylic oxidation sites excluding steroid dienone is 3. The standard InChI is InChI=1S/C26H34N4O5S/c1-27-26(31)8-4-11-29-9-2-6-18-14-20-24(16-22(18)29)35-25-17-23-19(15-21(25)28-20)7-3-10-30(23)12-5-13-36(32,33)34/h15-17H,2-14H2,1H3,(H,27,31)(H,32,33,34). The first-order valence-electron chi connectivity index (χ1n) is 12.8. The van der Waals surface area contributed by atoms with Crippen LogP contribution in [0.2, 0.25) is 0 Å². The van der Waals surface area contributed by atoms with Gasteiger partial charge in [0, 0.05) is 69.6 Å². The molecule has 9 nitrogen and oxygen atoms in total. The number of hydrogen-bond acceptors (Lipinski definition) is 7. The molecule has 0 aromatic heterocycles. The van der Waals surface area contributed by atoms with Gasteiger partial charge >= 0.3 is 0 Å². The van der Waals surface area contributed by atoms with E-state index in [4.69, 9.17) is 14.3 Å². The number of anilines is 1. The van der Waals surface area contributed by atoms with Gasteiger partial charge in [0.1, 0.15) is 5.69 Å². The molecule has 36 heavy (non-hydrogen) atoms. The number of hydrogen-bond donors (Lipinski definition) is 2. The van der Waals surface area contributed by atoms with E-state index in [0.717, 1.165) is 86.8 Å². The zero-order chi connectivity index (χ0) is 25.3. The lowest BCUT2D eigenvalue weighted by atomic mass is 9.90. The van der Waals surface area contributed by atoms with Crippen LogP contribution < -0.4 is 15.0 Å². The Hall–Kier alpha value is -2.85. The molecule has 0 saturated heterocycles. The monoisotopic (exact) mass is 514 g/mol. The molecule has 0 spiro atoms. The van der Waals surface area contributed by atoms with Gasteiger partial charge in [-0.2, -0.15) is 8.42 Å². The molecule has 2 N–H and O–H groups in total. The molecule has 5 rings (SSSR count). The number of aliphatic imine (C=N–C) groups is 1. The van der Waals surface area contributed by atoms with Gasteiger partial charge in [-0.3, -0.25) is 9.35 Å². The lowest BCUT2D eigenvalue weighted by Gasteiger charge is -2.37. The van der Waals surface area contributed by atoms with Gasteiger partial charge in [-0.1, -0.05) is 0 Å². The summed E-state index contributed by atoms with van der Waals surface area (Å²) in [5, 5.41) is 2.69. The third-order valence-corrected chi connectivity index (χ3v) is 8.14. The minimum atomic E-state index is -3.96. The third kappa shape index (κ3) is 5.44. The number of carbonyl (C=O) groups is 1. The summed E-state index contributed by atoms with van der Waals surface area (Å²) in [6.45, 7) is 3.22. The van der Waals surface area contributed by atoms with Crippen LogP contribution in [0.1, 0.15) is 50.5 Å². The van der Waals surface area contributed by atoms with Gasteiger partial charge in [0.25, 0.3) is 10.1 Å². The van der Waals surface area contributed by atoms with Crippen LogP contribution in [0.3, 0.4) is 0 Å². The summed E-state index contributed by atoms with van der Waals surface area (Å²) in [5.41, 5.74) is 6.66. The van der Waals surface area contributed by atoms with Gasteiger partial charge < -0.3 is 19.9 Å². The van der Waals surface area contributed by atoms with Crippen molar-refractivity contribution < 1.29 is 22.5 Å². The highest BCUT2D eigenvalue weighted by atomic mass is 32.2. The minimum absolute atomic E-state index is 0.0696. The van der Waals surface area contributed by atoms with Crippen molar-refractivity contribution in [3.05, 3.63) is 40.8 Å². The molecule has 10 heteroatoms. The molecule has 194 valence electrons. The average Bonchev–Trinajstić information content (AvgIpc) is 2.84. The van der Waals surface area contributed by atoms with Gasteiger partial charge in [-0.05, 0) is 55.7 Å². The Kier molecular flexibility index (Phi) is 7.07. The van der Waals surface area contributed by atoms with Crippen molar-refractivity contribution in [2.45, 2.75) is 51.4 Å². The van der Waals surface area contributed by atoms with Crippen LogP contribution in [-0.4, -0.2) is 68.5 Å². The smallest absolute Gasteiger partial charge is 0.264 e. The van der Waals surface area contributed by atoms with E-state index in [1.807, 2.05) is 6.07 Å². The topological polar surface area (TPSA) is 112 Å². The average molecular weight is 515 g/mol. The second kappa shape index (κ2) is 10.3. The van der Waals surface area contributed by atoms with Crippen LogP contribution in [0, 0.1) is 0 Å². The first kappa shape index (κ1) is 24.8. The first-order valence-corrected chi connectivity index (χ1v) is 14.4. The SMILES string of the molecule is CNC(=O)CCCN1CCCC2=C1C=C1Oc3cc4c(cc3N=C1C2)CCCN4CCCS(=O)(=O)O. The molecule has 0 fully saturated rings. The van der Waals surface area contributed by atoms with Crippen molar-refractivity contribution in [3.63, 3.8) is 0 Å². The number of nitrogens with zero attached hydrogens (tertiary/aromatic N) is 3. The maximum Gasteiger partial charge on any atom is 0.264 e. The fourth-order valence-corrected chi connectivity index (χ4v) is 6.07. The number of nitrogens with one attached hydrogen (secondary N) is 1. The summed E-state index contributed by atoms with van der Waals surface area (Å²) in [4.78, 5) is 21.2. The summed E-state index contributed by atoms with van der Waals surface area (Å²) in [6, 6.07) is 4.14. The molecular formula is C26H34N4O5S. The van der Waals surface area contributed by atoms with Crippen LogP contribution in [-0.2, 0) is 21.3 Å². The van der Waals surface area contributed by atoms with E-state index >= 15 is 0 Å². The lowest BCUT2D eigenvalue weighted by Crippen LogP contribution is -2.33. The molecule has 1 aromatic carbocycles. The number of ether oxygens (including phenoxy) is 1. The van der Waals surface area contributed by atoms with E-state index in [2.05, 4.69) is 27.3 Å². The molecule has 0 radical (unpaired) electrons. The van der Waals surface area contributed by atoms with Crippen LogP contribution >= 0.6 is 0 Å². The molecule has 0 bridgehead atoms. The molecule has 3 heterocycles. The predicted molar refractivity (Wildman–Crippen MR) is 140 cm³/mol. The summed E-state index contributed by atoms with van der Waals surface area (Å²) < 4.78 is 37.8. The van der Waals surface area contributed by atoms with Gasteiger partial charge in [-0.15, -0.1) is 0 Å². The molecule has 0 atom stereocenters. The Labute approximate surface area is 212 Å². The quantitative estimate of drug-likeness (QED) is 0.512. The third-order valence-electron chi connectivity index (χ3n) is 7.33. The Morgan fingerprint density at radius 1 is 1.14 bits per heavy atom. The highest BCUT2D eigenvalue weighted by molar-refractivity contribution is 7.85. The van der Waals surface area contributed by atoms with Crippen LogP contribution in [0.5, 0.6) is 5.75 Å². The van der Waals surface area contributed by atoms with Crippen LogP contribution in [0.4, 0.5) is 11.4 Å². The van der Waals surface area contributed by atoms with Crippen molar-refractivity contribution >= 4 is 33.1 Å². The summed E-state index contributed by atoms with van der Waals surface area (Å²) in [5.74, 6) is 1.34. The van der Waals surface area contributed by atoms with Crippen molar-refractivity contribution in [1.29, 1.82) is 0 Å². The Balaban J connectivity index is 1.35. The molecule has 3 aliphatic heterocycles. The molecule has 4 aliphatic rings. The Morgan fingerprint density at radius 2 is 1.92 bits per heavy atom. The number of rotatable bonds is 8. The Bertz CT molecular complexity index is 1250. The second-order valence-corrected chi connectivity index (χ2v) is 11.5. The van der Waals surface area contributed by atoms with E-state index in [-0.39, 0.29) is 11.7 Å². The van der Waals surface area contributed by atoms with Crippen LogP contribution in [0.15, 0.2) is 40.2 Å². The maximum absolute atomic E-state index is 11.6. The molecule has 1 aromatic rings. The minimum Gasteiger partial charge on any atom is -0.453 e. The molecule has 1 aliphatic carbocycles. The fraction of sp³-hybridized carbons (Fsp3) is 0.538. The van der Waals surface area contributed by atoms with Crippen molar-refractivity contribution in [2.75, 3.05) is 43.9 Å². The van der Waals surface area contributed by atoms with E-state index in [1.54, 1.807) is 7.05 Å². The molecule has 1 amide bonds. The normalized spacial score (nSPS) is 18.8. The number of aryl methyl sites for hydroxylation is 1. The van der Waals surface area contributed by atoms with Crippen molar-refractivity contribution in [2.24, 2.45) is 4.99 Å². The molecule has 0 saturated carbocycles. The maximum atomic E-state index is 11.6. The first-order chi connectivity index (χ1) is 17.3. The van der Waals surface area contributed by atoms with E-state index in [1.165, 1.54) is 16.8 Å². The van der Waals surface area contributed by atoms with Gasteiger partial charge in [0.2, 0.25) is 5.91 Å². The zero-order valence-electron chi connectivity index (χ0n) is 20.8. The molecule has 0 unspecified atom stereocenters. The largest absolute Gasteiger partial charge is 0.453 e. The second-order valence-electron chi connectivity index (χ2n) is 9.88. The van der Waals surface area contributed by atoms with Gasteiger partial charge in [0.15, 0.2) is 11.5 Å². The van der Waals surface area contributed by atoms with E-state index in [0.29, 0.717) is 19.4 Å². The number of carbonyl (C=O) groups excluding carboxylic acids is 1. The van der Waals surface area contributed by atoms with E-state index in [9.17, 15) is 13.2 Å². The lowest BCUT2D eigenvalue weighted by molar-refractivity contribution is -0.120. The number of fused-ring (bicyclic) bond motifs is 3. The summed E-state index contributed by atoms with van der Waals surface area (Å²) in [7, 11) is -2.29. The predicted octanol–water partition coefficient (Wildman–Crippen LogP) is 3.35.